The number of para-hydroxylation sites is 1. The van der Waals surface area contributed by atoms with Crippen molar-refractivity contribution >= 4 is 51.5 Å². The molecule has 7 nitrogen and oxygen atoms in total. The van der Waals surface area contributed by atoms with E-state index in [4.69, 9.17) is 4.74 Å². The van der Waals surface area contributed by atoms with Crippen molar-refractivity contribution in [3.8, 4) is 0 Å². The molecule has 0 bridgehead atoms. The number of benzene rings is 2. The number of amides is 3. The molecule has 36 heavy (non-hydrogen) atoms. The molecule has 1 aromatic heterocycles. The molecule has 0 radical (unpaired) electrons. The van der Waals surface area contributed by atoms with Crippen LogP contribution in [0.25, 0.3) is 17.0 Å². The van der Waals surface area contributed by atoms with Crippen molar-refractivity contribution in [1.29, 1.82) is 0 Å². The number of ether oxygens (including phenoxy) is 1. The summed E-state index contributed by atoms with van der Waals surface area (Å²) in [7, 11) is 0. The van der Waals surface area contributed by atoms with E-state index in [0.29, 0.717) is 17.1 Å². The van der Waals surface area contributed by atoms with Crippen LogP contribution in [0, 0.1) is 6.92 Å². The van der Waals surface area contributed by atoms with Crippen molar-refractivity contribution in [2.75, 3.05) is 18.1 Å². The molecule has 1 atom stereocenters. The number of aromatic nitrogens is 1. The highest BCUT2D eigenvalue weighted by Gasteiger charge is 2.36. The lowest BCUT2D eigenvalue weighted by atomic mass is 10.1. The third kappa shape index (κ3) is 4.83. The average molecular weight is 504 g/mol. The molecule has 3 aromatic rings. The smallest absolute Gasteiger partial charge is 0.298 e. The van der Waals surface area contributed by atoms with Gasteiger partial charge >= 0.3 is 0 Å². The summed E-state index contributed by atoms with van der Waals surface area (Å²) < 4.78 is 7.55. The Bertz CT molecular complexity index is 1350. The molecule has 2 aliphatic rings. The van der Waals surface area contributed by atoms with E-state index in [-0.39, 0.29) is 29.7 Å². The first-order valence-corrected chi connectivity index (χ1v) is 13.1. The van der Waals surface area contributed by atoms with Crippen LogP contribution >= 0.6 is 11.8 Å². The van der Waals surface area contributed by atoms with E-state index in [1.807, 2.05) is 42.0 Å². The number of nitrogens with one attached hydrogen (secondary N) is 1. The minimum Gasteiger partial charge on any atom is -0.376 e. The molecule has 0 saturated carbocycles. The molecule has 0 spiro atoms. The molecule has 3 heterocycles. The summed E-state index contributed by atoms with van der Waals surface area (Å²) in [4.78, 5) is 40.3. The molecule has 2 aliphatic heterocycles. The second-order valence-electron chi connectivity index (χ2n) is 9.17. The Morgan fingerprint density at radius 3 is 2.72 bits per heavy atom. The van der Waals surface area contributed by atoms with Gasteiger partial charge in [-0.25, -0.2) is 4.90 Å². The fourth-order valence-electron chi connectivity index (χ4n) is 4.76. The van der Waals surface area contributed by atoms with Crippen LogP contribution in [0.5, 0.6) is 0 Å². The van der Waals surface area contributed by atoms with Crippen LogP contribution in [0.15, 0.2) is 53.6 Å². The first-order chi connectivity index (χ1) is 17.4. The summed E-state index contributed by atoms with van der Waals surface area (Å²) in [6, 6.07) is 13.4. The minimum atomic E-state index is -0.337. The maximum Gasteiger partial charge on any atom is 0.298 e. The van der Waals surface area contributed by atoms with Crippen molar-refractivity contribution < 1.29 is 19.1 Å². The molecule has 0 unspecified atom stereocenters. The Morgan fingerprint density at radius 1 is 1.19 bits per heavy atom. The van der Waals surface area contributed by atoms with E-state index >= 15 is 0 Å². The Morgan fingerprint density at radius 2 is 2.00 bits per heavy atom. The number of carbonyl (C=O) groups is 3. The number of nitrogens with zero attached hydrogens (tertiary/aromatic N) is 2. The van der Waals surface area contributed by atoms with Gasteiger partial charge in [0.1, 0.15) is 6.54 Å². The van der Waals surface area contributed by atoms with E-state index in [1.54, 1.807) is 18.2 Å². The molecule has 5 rings (SSSR count). The lowest BCUT2D eigenvalue weighted by molar-refractivity contribution is -0.122. The molecule has 2 aromatic carbocycles. The van der Waals surface area contributed by atoms with Gasteiger partial charge in [0.15, 0.2) is 0 Å². The summed E-state index contributed by atoms with van der Waals surface area (Å²) in [6.45, 7) is 5.47. The van der Waals surface area contributed by atoms with Crippen LogP contribution in [0.1, 0.15) is 36.5 Å². The third-order valence-electron chi connectivity index (χ3n) is 6.63. The van der Waals surface area contributed by atoms with Crippen LogP contribution in [0.2, 0.25) is 0 Å². The normalized spacial score (nSPS) is 19.1. The van der Waals surface area contributed by atoms with Crippen LogP contribution < -0.4 is 10.2 Å². The first kappa shape index (κ1) is 24.3. The van der Waals surface area contributed by atoms with Crippen LogP contribution in [0.4, 0.5) is 10.5 Å². The van der Waals surface area contributed by atoms with Gasteiger partial charge in [-0.1, -0.05) is 42.8 Å². The van der Waals surface area contributed by atoms with Gasteiger partial charge in [-0.2, -0.15) is 0 Å². The summed E-state index contributed by atoms with van der Waals surface area (Å²) >= 11 is 0.936. The number of rotatable bonds is 7. The van der Waals surface area contributed by atoms with Gasteiger partial charge in [-0.15, -0.1) is 0 Å². The first-order valence-electron chi connectivity index (χ1n) is 12.3. The number of fused-ring (bicyclic) bond motifs is 1. The highest BCUT2D eigenvalue weighted by molar-refractivity contribution is 8.19. The topological polar surface area (TPSA) is 80.6 Å². The molecule has 2 fully saturated rings. The molecule has 3 amide bonds. The van der Waals surface area contributed by atoms with Gasteiger partial charge in [0.2, 0.25) is 5.91 Å². The van der Waals surface area contributed by atoms with Gasteiger partial charge in [-0.05, 0) is 61.7 Å². The fourth-order valence-corrected chi connectivity index (χ4v) is 5.59. The molecular formula is C28H29N3O4S. The van der Waals surface area contributed by atoms with E-state index in [2.05, 4.69) is 18.3 Å². The number of carbonyl (C=O) groups excluding carboxylic acids is 3. The SMILES string of the molecule is CCc1cccc2c(/C=C3\SC(=O)N(c4ccc(C)cc4)C3=O)cn(CC(=O)NC[C@@H]3CCCO3)c12. The van der Waals surface area contributed by atoms with Gasteiger partial charge in [0, 0.05) is 30.3 Å². The van der Waals surface area contributed by atoms with Crippen molar-refractivity contribution in [3.05, 3.63) is 70.3 Å². The van der Waals surface area contributed by atoms with Crippen molar-refractivity contribution in [1.82, 2.24) is 9.88 Å². The van der Waals surface area contributed by atoms with Crippen LogP contribution in [0.3, 0.4) is 0 Å². The van der Waals surface area contributed by atoms with E-state index in [1.165, 1.54) is 4.90 Å². The van der Waals surface area contributed by atoms with E-state index in [9.17, 15) is 14.4 Å². The standard InChI is InChI=1S/C28H29N3O4S/c1-3-19-6-4-8-23-20(16-30(26(19)23)17-25(32)29-15-22-7-5-13-35-22)14-24-27(33)31(28(34)36-24)21-11-9-18(2)10-12-21/h4,6,8-12,14,16,22H,3,5,7,13,15,17H2,1-2H3,(H,29,32)/b24-14-/t22-/m0/s1. The monoisotopic (exact) mass is 503 g/mol. The van der Waals surface area contributed by atoms with Crippen molar-refractivity contribution in [3.63, 3.8) is 0 Å². The molecule has 2 saturated heterocycles. The predicted octanol–water partition coefficient (Wildman–Crippen LogP) is 5.05. The van der Waals surface area contributed by atoms with Gasteiger partial charge in [0.25, 0.3) is 11.1 Å². The van der Waals surface area contributed by atoms with Gasteiger partial charge in [0.05, 0.1) is 22.2 Å². The van der Waals surface area contributed by atoms with E-state index < -0.39 is 0 Å². The number of thioether (sulfide) groups is 1. The molecule has 0 aliphatic carbocycles. The summed E-state index contributed by atoms with van der Waals surface area (Å²) in [6.07, 6.45) is 6.55. The zero-order valence-corrected chi connectivity index (χ0v) is 21.3. The van der Waals surface area contributed by atoms with Crippen molar-refractivity contribution in [2.45, 2.75) is 45.8 Å². The lowest BCUT2D eigenvalue weighted by Gasteiger charge is -2.12. The number of hydrogen-bond donors (Lipinski definition) is 1. The zero-order chi connectivity index (χ0) is 25.2. The largest absolute Gasteiger partial charge is 0.376 e. The summed E-state index contributed by atoms with van der Waals surface area (Å²) in [5.41, 5.74) is 4.51. The summed E-state index contributed by atoms with van der Waals surface area (Å²) in [5.74, 6) is -0.421. The minimum absolute atomic E-state index is 0.0837. The zero-order valence-electron chi connectivity index (χ0n) is 20.5. The number of imide groups is 1. The van der Waals surface area contributed by atoms with Crippen molar-refractivity contribution in [2.24, 2.45) is 0 Å². The molecule has 1 N–H and O–H groups in total. The van der Waals surface area contributed by atoms with Gasteiger partial charge in [-0.3, -0.25) is 14.4 Å². The number of hydrogen-bond acceptors (Lipinski definition) is 5. The van der Waals surface area contributed by atoms with Crippen LogP contribution in [-0.4, -0.2) is 40.9 Å². The summed E-state index contributed by atoms with van der Waals surface area (Å²) in [5, 5.41) is 3.62. The lowest BCUT2D eigenvalue weighted by Crippen LogP contribution is -2.34. The van der Waals surface area contributed by atoms with E-state index in [0.717, 1.165) is 65.2 Å². The maximum absolute atomic E-state index is 13.2. The Labute approximate surface area is 214 Å². The maximum atomic E-state index is 13.2. The predicted molar refractivity (Wildman–Crippen MR) is 143 cm³/mol. The third-order valence-corrected chi connectivity index (χ3v) is 7.50. The fraction of sp³-hybridized carbons (Fsp3) is 0.321. The molecular weight excluding hydrogens is 474 g/mol. The average Bonchev–Trinajstić information content (AvgIpc) is 3.58. The molecule has 186 valence electrons. The Balaban J connectivity index is 1.44. The Kier molecular flexibility index (Phi) is 6.98. The second kappa shape index (κ2) is 10.3. The molecule has 8 heteroatoms. The number of aryl methyl sites for hydroxylation is 2. The quantitative estimate of drug-likeness (QED) is 0.457. The Hall–Kier alpha value is -3.36. The number of anilines is 1. The highest BCUT2D eigenvalue weighted by atomic mass is 32.2. The second-order valence-corrected chi connectivity index (χ2v) is 10.2. The highest BCUT2D eigenvalue weighted by Crippen LogP contribution is 2.37. The van der Waals surface area contributed by atoms with Crippen LogP contribution in [-0.2, 0) is 27.3 Å². The van der Waals surface area contributed by atoms with Gasteiger partial charge < -0.3 is 14.6 Å².